The lowest BCUT2D eigenvalue weighted by Gasteiger charge is -2.12. The van der Waals surface area contributed by atoms with Gasteiger partial charge in [0.1, 0.15) is 18.0 Å². The number of ether oxygens (including phenoxy) is 1. The summed E-state index contributed by atoms with van der Waals surface area (Å²) in [6.07, 6.45) is 9.45. The first kappa shape index (κ1) is 25.9. The predicted molar refractivity (Wildman–Crippen MR) is 140 cm³/mol. The molecule has 202 valence electrons. The van der Waals surface area contributed by atoms with E-state index in [4.69, 9.17) is 9.72 Å². The fraction of sp³-hybridized carbons (Fsp3) is 0.458. The van der Waals surface area contributed by atoms with E-state index in [2.05, 4.69) is 32.7 Å². The number of aromatic nitrogens is 7. The number of pyridine rings is 1. The molecular weight excluding hydrogens is 510 g/mol. The average Bonchev–Trinajstić information content (AvgIpc) is 3.53. The van der Waals surface area contributed by atoms with Crippen molar-refractivity contribution in [1.29, 1.82) is 0 Å². The maximum absolute atomic E-state index is 12.2. The van der Waals surface area contributed by atoms with E-state index < -0.39 is 10.0 Å². The Bertz CT molecular complexity index is 1500. The summed E-state index contributed by atoms with van der Waals surface area (Å²) in [5, 5.41) is 26.5. The van der Waals surface area contributed by atoms with Gasteiger partial charge < -0.3 is 20.6 Å². The van der Waals surface area contributed by atoms with Crippen molar-refractivity contribution in [2.45, 2.75) is 50.8 Å². The van der Waals surface area contributed by atoms with E-state index in [-0.39, 0.29) is 5.25 Å². The fourth-order valence-corrected chi connectivity index (χ4v) is 5.39. The van der Waals surface area contributed by atoms with Crippen LogP contribution in [0.3, 0.4) is 0 Å². The summed E-state index contributed by atoms with van der Waals surface area (Å²) in [7, 11) is -3.39. The highest BCUT2D eigenvalue weighted by Gasteiger charge is 2.37. The number of rotatable bonds is 14. The Morgan fingerprint density at radius 2 is 2.13 bits per heavy atom. The van der Waals surface area contributed by atoms with Crippen molar-refractivity contribution in [3.63, 3.8) is 0 Å². The van der Waals surface area contributed by atoms with E-state index in [0.717, 1.165) is 44.3 Å². The van der Waals surface area contributed by atoms with Crippen LogP contribution < -0.4 is 15.4 Å². The van der Waals surface area contributed by atoms with Gasteiger partial charge in [-0.05, 0) is 31.7 Å². The molecule has 0 saturated heterocycles. The normalized spacial score (nSPS) is 13.7. The van der Waals surface area contributed by atoms with Crippen molar-refractivity contribution in [3.05, 3.63) is 65.3 Å². The highest BCUT2D eigenvalue weighted by atomic mass is 32.2. The molecular formula is C24H31N9O4S. The maximum Gasteiger partial charge on any atom is 0.258 e. The zero-order valence-corrected chi connectivity index (χ0v) is 22.0. The van der Waals surface area contributed by atoms with Gasteiger partial charge in [0.25, 0.3) is 10.0 Å². The molecule has 13 nitrogen and oxygen atoms in total. The summed E-state index contributed by atoms with van der Waals surface area (Å²) in [6, 6.07) is 5.50. The zero-order valence-electron chi connectivity index (χ0n) is 21.2. The van der Waals surface area contributed by atoms with Crippen LogP contribution in [0.25, 0.3) is 5.65 Å². The van der Waals surface area contributed by atoms with Gasteiger partial charge in [-0.1, -0.05) is 6.92 Å². The van der Waals surface area contributed by atoms with Gasteiger partial charge in [-0.25, -0.2) is 18.4 Å². The number of hydrogen-bond acceptors (Lipinski definition) is 10. The molecule has 0 atom stereocenters. The van der Waals surface area contributed by atoms with Crippen LogP contribution in [0.15, 0.2) is 43.1 Å². The molecule has 14 heteroatoms. The molecule has 1 aliphatic rings. The molecule has 1 aliphatic carbocycles. The van der Waals surface area contributed by atoms with Crippen molar-refractivity contribution in [2.24, 2.45) is 0 Å². The van der Waals surface area contributed by atoms with Crippen LogP contribution in [0.1, 0.15) is 43.1 Å². The van der Waals surface area contributed by atoms with Gasteiger partial charge in [0, 0.05) is 49.4 Å². The van der Waals surface area contributed by atoms with E-state index in [1.54, 1.807) is 10.6 Å². The van der Waals surface area contributed by atoms with E-state index >= 15 is 0 Å². The molecule has 4 heterocycles. The summed E-state index contributed by atoms with van der Waals surface area (Å²) >= 11 is 0. The topological polar surface area (TPSA) is 155 Å². The summed E-state index contributed by atoms with van der Waals surface area (Å²) in [4.78, 5) is 8.82. The third-order valence-electron chi connectivity index (χ3n) is 6.20. The molecule has 0 unspecified atom stereocenters. The van der Waals surface area contributed by atoms with Gasteiger partial charge in [-0.15, -0.1) is 9.19 Å². The lowest BCUT2D eigenvalue weighted by molar-refractivity contribution is -0.605. The second-order valence-corrected chi connectivity index (χ2v) is 11.2. The predicted octanol–water partition coefficient (Wildman–Crippen LogP) is 1.53. The standard InChI is InChI=1S/C24H31N9O4S/c1-2-19-15-28-33-23(26-14-18-5-3-10-31(34)16-18)13-22(29-24(19)33)25-9-4-11-37-12-8-21-27-17-32(30-21)38(35,36)20-6-7-20/h3,5,10,13,15-17,20,26H,2,4,6-9,11-12,14H2,1H3,(H,25,29). The Morgan fingerprint density at radius 1 is 1.26 bits per heavy atom. The van der Waals surface area contributed by atoms with E-state index in [9.17, 15) is 13.6 Å². The number of hydrogen-bond donors (Lipinski definition) is 2. The lowest BCUT2D eigenvalue weighted by atomic mass is 10.2. The Labute approximate surface area is 220 Å². The van der Waals surface area contributed by atoms with Crippen molar-refractivity contribution >= 4 is 27.3 Å². The molecule has 0 bridgehead atoms. The largest absolute Gasteiger partial charge is 0.619 e. The van der Waals surface area contributed by atoms with Crippen LogP contribution in [-0.2, 0) is 34.1 Å². The first-order valence-corrected chi connectivity index (χ1v) is 14.2. The van der Waals surface area contributed by atoms with Crippen molar-refractivity contribution < 1.29 is 17.9 Å². The van der Waals surface area contributed by atoms with E-state index in [1.807, 2.05) is 18.3 Å². The summed E-state index contributed by atoms with van der Waals surface area (Å²) < 4.78 is 33.6. The first-order valence-electron chi connectivity index (χ1n) is 12.7. The monoisotopic (exact) mass is 541 g/mol. The minimum Gasteiger partial charge on any atom is -0.619 e. The Kier molecular flexibility index (Phi) is 7.69. The van der Waals surface area contributed by atoms with Gasteiger partial charge in [0.15, 0.2) is 23.9 Å². The van der Waals surface area contributed by atoms with E-state index in [1.165, 1.54) is 18.7 Å². The molecule has 4 aromatic rings. The summed E-state index contributed by atoms with van der Waals surface area (Å²) in [5.74, 6) is 1.94. The minimum absolute atomic E-state index is 0.319. The molecule has 5 rings (SSSR count). The lowest BCUT2D eigenvalue weighted by Crippen LogP contribution is -2.25. The Balaban J connectivity index is 1.10. The summed E-state index contributed by atoms with van der Waals surface area (Å²) in [6.45, 7) is 4.12. The Morgan fingerprint density at radius 3 is 2.92 bits per heavy atom. The quantitative estimate of drug-likeness (QED) is 0.136. The van der Waals surface area contributed by atoms with Gasteiger partial charge >= 0.3 is 0 Å². The number of anilines is 2. The molecule has 0 aliphatic heterocycles. The third-order valence-corrected chi connectivity index (χ3v) is 8.21. The van der Waals surface area contributed by atoms with Gasteiger partial charge in [0.2, 0.25) is 0 Å². The molecule has 0 aromatic carbocycles. The highest BCUT2D eigenvalue weighted by Crippen LogP contribution is 2.29. The number of fused-ring (bicyclic) bond motifs is 1. The molecule has 0 spiro atoms. The van der Waals surface area contributed by atoms with Crippen LogP contribution >= 0.6 is 0 Å². The van der Waals surface area contributed by atoms with Crippen LogP contribution in [0.4, 0.5) is 11.6 Å². The maximum atomic E-state index is 12.2. The molecule has 38 heavy (non-hydrogen) atoms. The zero-order chi connectivity index (χ0) is 26.5. The third kappa shape index (κ3) is 6.02. The van der Waals surface area contributed by atoms with Crippen LogP contribution in [0, 0.1) is 5.21 Å². The van der Waals surface area contributed by atoms with Crippen LogP contribution in [-0.4, -0.2) is 62.2 Å². The number of nitrogens with one attached hydrogen (secondary N) is 2. The highest BCUT2D eigenvalue weighted by molar-refractivity contribution is 7.90. The molecule has 2 N–H and O–H groups in total. The van der Waals surface area contributed by atoms with Crippen molar-refractivity contribution in [2.75, 3.05) is 30.4 Å². The SMILES string of the molecule is CCc1cnn2c(NCc3ccc[n+]([O-])c3)cc(NCCCOCCc3ncn(S(=O)(=O)C4CC4)n3)nc12. The van der Waals surface area contributed by atoms with Gasteiger partial charge in [-0.2, -0.15) is 14.3 Å². The fourth-order valence-electron chi connectivity index (χ4n) is 3.97. The number of aryl methyl sites for hydroxylation is 1. The summed E-state index contributed by atoms with van der Waals surface area (Å²) in [5.41, 5.74) is 2.67. The van der Waals surface area contributed by atoms with Gasteiger partial charge in [0.05, 0.1) is 18.1 Å². The van der Waals surface area contributed by atoms with E-state index in [0.29, 0.717) is 57.2 Å². The minimum atomic E-state index is -3.39. The molecule has 1 fully saturated rings. The average molecular weight is 542 g/mol. The molecule has 4 aromatic heterocycles. The molecule has 0 radical (unpaired) electrons. The molecule has 0 amide bonds. The number of nitrogens with zero attached hydrogens (tertiary/aromatic N) is 7. The Hall–Kier alpha value is -3.78. The smallest absolute Gasteiger partial charge is 0.258 e. The second kappa shape index (κ2) is 11.3. The van der Waals surface area contributed by atoms with Crippen LogP contribution in [0.5, 0.6) is 0 Å². The second-order valence-electron chi connectivity index (χ2n) is 9.13. The van der Waals surface area contributed by atoms with Crippen molar-refractivity contribution in [1.82, 2.24) is 28.8 Å². The van der Waals surface area contributed by atoms with Gasteiger partial charge in [-0.3, -0.25) is 0 Å². The van der Waals surface area contributed by atoms with Crippen LogP contribution in [0.2, 0.25) is 0 Å². The van der Waals surface area contributed by atoms with Crippen molar-refractivity contribution in [3.8, 4) is 0 Å². The first-order chi connectivity index (χ1) is 18.4. The molecule has 1 saturated carbocycles.